The van der Waals surface area contributed by atoms with Crippen LogP contribution in [-0.2, 0) is 16.8 Å². The van der Waals surface area contributed by atoms with E-state index in [4.69, 9.17) is 9.47 Å². The Hall–Kier alpha value is -2.29. The molecular weight excluding hydrogens is 252 g/mol. The van der Waals surface area contributed by atoms with Crippen LogP contribution in [0.3, 0.4) is 0 Å². The van der Waals surface area contributed by atoms with Crippen LogP contribution in [0.1, 0.15) is 24.0 Å². The first-order valence-corrected chi connectivity index (χ1v) is 6.82. The normalized spacial score (nSPS) is 17.7. The summed E-state index contributed by atoms with van der Waals surface area (Å²) in [5, 5.41) is 0. The minimum absolute atomic E-state index is 0.122. The van der Waals surface area contributed by atoms with Gasteiger partial charge in [-0.2, -0.15) is 0 Å². The van der Waals surface area contributed by atoms with Gasteiger partial charge in [0, 0.05) is 0 Å². The second-order valence-corrected chi connectivity index (χ2v) is 5.38. The molecule has 2 aliphatic rings. The predicted molar refractivity (Wildman–Crippen MR) is 73.8 cm³/mol. The van der Waals surface area contributed by atoms with Gasteiger partial charge in [-0.05, 0) is 30.5 Å². The Morgan fingerprint density at radius 1 is 1.05 bits per heavy atom. The van der Waals surface area contributed by atoms with E-state index in [1.807, 2.05) is 48.5 Å². The molecule has 1 aliphatic heterocycles. The minimum Gasteiger partial charge on any atom is -0.488 e. The van der Waals surface area contributed by atoms with E-state index in [9.17, 15) is 4.79 Å². The van der Waals surface area contributed by atoms with Crippen LogP contribution in [0.15, 0.2) is 48.5 Å². The topological polar surface area (TPSA) is 35.5 Å². The Labute approximate surface area is 117 Å². The van der Waals surface area contributed by atoms with Crippen molar-refractivity contribution in [3.63, 3.8) is 0 Å². The van der Waals surface area contributed by atoms with E-state index in [0.29, 0.717) is 12.4 Å². The second-order valence-electron chi connectivity index (χ2n) is 5.38. The van der Waals surface area contributed by atoms with E-state index in [1.165, 1.54) is 0 Å². The summed E-state index contributed by atoms with van der Waals surface area (Å²) >= 11 is 0. The molecule has 0 aromatic heterocycles. The van der Waals surface area contributed by atoms with Crippen molar-refractivity contribution in [2.45, 2.75) is 24.9 Å². The third kappa shape index (κ3) is 1.63. The Balaban J connectivity index is 1.65. The molecule has 3 heteroatoms. The Morgan fingerprint density at radius 2 is 1.85 bits per heavy atom. The van der Waals surface area contributed by atoms with E-state index in [-0.39, 0.29) is 5.97 Å². The summed E-state index contributed by atoms with van der Waals surface area (Å²) in [6.07, 6.45) is 1.73. The molecule has 1 aliphatic carbocycles. The highest BCUT2D eigenvalue weighted by Crippen LogP contribution is 2.59. The molecular formula is C17H14O3. The fraction of sp³-hybridized carbons (Fsp3) is 0.235. The van der Waals surface area contributed by atoms with Gasteiger partial charge in [0.2, 0.25) is 0 Å². The standard InChI is InChI=1S/C17H14O3/c18-16-17(9-10-17)15-13(7-4-8-14(15)20-16)19-11-12-5-2-1-3-6-12/h1-8H,9-11H2. The van der Waals surface area contributed by atoms with Gasteiger partial charge >= 0.3 is 5.97 Å². The number of fused-ring (bicyclic) bond motifs is 2. The average Bonchev–Trinajstić information content (AvgIpc) is 3.22. The van der Waals surface area contributed by atoms with Crippen molar-refractivity contribution >= 4 is 5.97 Å². The van der Waals surface area contributed by atoms with E-state index >= 15 is 0 Å². The molecule has 0 amide bonds. The summed E-state index contributed by atoms with van der Waals surface area (Å²) < 4.78 is 11.3. The maximum Gasteiger partial charge on any atom is 0.322 e. The molecule has 1 fully saturated rings. The van der Waals surface area contributed by atoms with Crippen molar-refractivity contribution in [1.82, 2.24) is 0 Å². The molecule has 0 atom stereocenters. The van der Waals surface area contributed by atoms with E-state index in [1.54, 1.807) is 0 Å². The van der Waals surface area contributed by atoms with Crippen molar-refractivity contribution in [2.24, 2.45) is 0 Å². The van der Waals surface area contributed by atoms with Crippen molar-refractivity contribution in [2.75, 3.05) is 0 Å². The molecule has 4 rings (SSSR count). The molecule has 1 heterocycles. The monoisotopic (exact) mass is 266 g/mol. The van der Waals surface area contributed by atoms with Crippen LogP contribution < -0.4 is 9.47 Å². The number of rotatable bonds is 3. The smallest absolute Gasteiger partial charge is 0.322 e. The second kappa shape index (κ2) is 4.10. The molecule has 0 N–H and O–H groups in total. The number of carbonyl (C=O) groups is 1. The van der Waals surface area contributed by atoms with Gasteiger partial charge < -0.3 is 9.47 Å². The first kappa shape index (κ1) is 11.5. The lowest BCUT2D eigenvalue weighted by molar-refractivity contribution is -0.135. The van der Waals surface area contributed by atoms with Gasteiger partial charge in [-0.15, -0.1) is 0 Å². The fourth-order valence-corrected chi connectivity index (χ4v) is 2.80. The molecule has 0 saturated heterocycles. The summed E-state index contributed by atoms with van der Waals surface area (Å²) in [6, 6.07) is 15.6. The van der Waals surface area contributed by atoms with Crippen LogP contribution in [0.5, 0.6) is 11.5 Å². The lowest BCUT2D eigenvalue weighted by atomic mass is 9.97. The summed E-state index contributed by atoms with van der Waals surface area (Å²) in [5.74, 6) is 1.32. The average molecular weight is 266 g/mol. The molecule has 0 radical (unpaired) electrons. The lowest BCUT2D eigenvalue weighted by Gasteiger charge is -2.12. The maximum absolute atomic E-state index is 12.0. The first-order valence-electron chi connectivity index (χ1n) is 6.82. The van der Waals surface area contributed by atoms with Crippen molar-refractivity contribution in [3.05, 3.63) is 59.7 Å². The van der Waals surface area contributed by atoms with Crippen LogP contribution in [-0.4, -0.2) is 5.97 Å². The quantitative estimate of drug-likeness (QED) is 0.632. The van der Waals surface area contributed by atoms with Gasteiger partial charge in [0.05, 0.1) is 5.56 Å². The zero-order chi connectivity index (χ0) is 13.6. The lowest BCUT2D eigenvalue weighted by Crippen LogP contribution is -2.17. The zero-order valence-electron chi connectivity index (χ0n) is 11.0. The molecule has 1 spiro atoms. The highest BCUT2D eigenvalue weighted by molar-refractivity contribution is 5.94. The first-order chi connectivity index (χ1) is 9.79. The summed E-state index contributed by atoms with van der Waals surface area (Å²) in [5.41, 5.74) is 1.64. The van der Waals surface area contributed by atoms with Crippen LogP contribution in [0.25, 0.3) is 0 Å². The fourth-order valence-electron chi connectivity index (χ4n) is 2.80. The van der Waals surface area contributed by atoms with Gasteiger partial charge in [-0.25, -0.2) is 0 Å². The third-order valence-electron chi connectivity index (χ3n) is 4.05. The van der Waals surface area contributed by atoms with E-state index < -0.39 is 5.41 Å². The van der Waals surface area contributed by atoms with Gasteiger partial charge in [0.15, 0.2) is 0 Å². The largest absolute Gasteiger partial charge is 0.488 e. The molecule has 2 aromatic carbocycles. The van der Waals surface area contributed by atoms with Crippen LogP contribution in [0.2, 0.25) is 0 Å². The van der Waals surface area contributed by atoms with E-state index in [0.717, 1.165) is 29.7 Å². The van der Waals surface area contributed by atoms with Crippen molar-refractivity contribution in [1.29, 1.82) is 0 Å². The summed E-state index contributed by atoms with van der Waals surface area (Å²) in [4.78, 5) is 12.0. The molecule has 0 unspecified atom stereocenters. The number of ether oxygens (including phenoxy) is 2. The summed E-state index contributed by atoms with van der Waals surface area (Å²) in [7, 11) is 0. The zero-order valence-corrected chi connectivity index (χ0v) is 11.0. The number of benzene rings is 2. The predicted octanol–water partition coefficient (Wildman–Crippen LogP) is 3.22. The minimum atomic E-state index is -0.414. The van der Waals surface area contributed by atoms with Crippen molar-refractivity contribution in [3.8, 4) is 11.5 Å². The number of esters is 1. The SMILES string of the molecule is O=C1Oc2cccc(OCc3ccccc3)c2C12CC2. The molecule has 3 nitrogen and oxygen atoms in total. The number of carbonyl (C=O) groups excluding carboxylic acids is 1. The Kier molecular flexibility index (Phi) is 2.36. The van der Waals surface area contributed by atoms with Gasteiger partial charge in [0.1, 0.15) is 23.5 Å². The molecule has 1 saturated carbocycles. The summed E-state index contributed by atoms with van der Waals surface area (Å²) in [6.45, 7) is 0.502. The van der Waals surface area contributed by atoms with Crippen LogP contribution in [0.4, 0.5) is 0 Å². The molecule has 0 bridgehead atoms. The Morgan fingerprint density at radius 3 is 2.60 bits per heavy atom. The maximum atomic E-state index is 12.0. The van der Waals surface area contributed by atoms with Gasteiger partial charge in [-0.3, -0.25) is 4.79 Å². The van der Waals surface area contributed by atoms with Gasteiger partial charge in [-0.1, -0.05) is 36.4 Å². The molecule has 100 valence electrons. The van der Waals surface area contributed by atoms with Gasteiger partial charge in [0.25, 0.3) is 0 Å². The molecule has 2 aromatic rings. The number of hydrogen-bond acceptors (Lipinski definition) is 3. The Bertz CT molecular complexity index is 672. The number of hydrogen-bond donors (Lipinski definition) is 0. The van der Waals surface area contributed by atoms with Crippen LogP contribution in [0, 0.1) is 0 Å². The van der Waals surface area contributed by atoms with Crippen LogP contribution >= 0.6 is 0 Å². The molecule has 20 heavy (non-hydrogen) atoms. The van der Waals surface area contributed by atoms with Crippen molar-refractivity contribution < 1.29 is 14.3 Å². The van der Waals surface area contributed by atoms with E-state index in [2.05, 4.69) is 0 Å². The highest BCUT2D eigenvalue weighted by Gasteiger charge is 2.60. The highest BCUT2D eigenvalue weighted by atomic mass is 16.5. The third-order valence-corrected chi connectivity index (χ3v) is 4.05.